The van der Waals surface area contributed by atoms with Gasteiger partial charge in [0.15, 0.2) is 5.11 Å². The number of rotatable bonds is 5. The Morgan fingerprint density at radius 3 is 2.43 bits per heavy atom. The first kappa shape index (κ1) is 13.8. The highest BCUT2D eigenvalue weighted by atomic mass is 32.2. The lowest BCUT2D eigenvalue weighted by Crippen LogP contribution is -2.40. The highest BCUT2D eigenvalue weighted by molar-refractivity contribution is 7.84. The second-order valence-electron chi connectivity index (χ2n) is 3.65. The summed E-state index contributed by atoms with van der Waals surface area (Å²) in [7, 11) is -0.739. The van der Waals surface area contributed by atoms with Gasteiger partial charge in [-0.15, -0.1) is 0 Å². The molecule has 2 atom stereocenters. The van der Waals surface area contributed by atoms with Crippen molar-refractivity contribution in [2.24, 2.45) is 0 Å². The molecule has 0 aromatic rings. The molecule has 0 aliphatic carbocycles. The summed E-state index contributed by atoms with van der Waals surface area (Å²) < 4.78 is 11.0. The fourth-order valence-electron chi connectivity index (χ4n) is 0.868. The Morgan fingerprint density at radius 1 is 1.43 bits per heavy atom. The zero-order valence-electron chi connectivity index (χ0n) is 9.29. The summed E-state index contributed by atoms with van der Waals surface area (Å²) >= 11 is 5.05. The number of hydrogen-bond acceptors (Lipinski definition) is 2. The molecule has 84 valence electrons. The Morgan fingerprint density at radius 2 is 2.00 bits per heavy atom. The predicted molar refractivity (Wildman–Crippen MR) is 67.0 cm³/mol. The van der Waals surface area contributed by atoms with Gasteiger partial charge in [-0.1, -0.05) is 6.92 Å². The van der Waals surface area contributed by atoms with Crippen molar-refractivity contribution >= 4 is 28.1 Å². The Balaban J connectivity index is 3.54. The average molecular weight is 236 g/mol. The minimum absolute atomic E-state index is 0.226. The van der Waals surface area contributed by atoms with E-state index in [1.165, 1.54) is 0 Å². The standard InChI is InChI=1S/C9H20N2OS2/c1-7(2)11-9(13)10-6-5-8(3)14(4)12/h7-8H,5-6H2,1-4H3,(H2,10,11,13). The maximum absolute atomic E-state index is 11.0. The topological polar surface area (TPSA) is 41.1 Å². The normalized spacial score (nSPS) is 14.9. The van der Waals surface area contributed by atoms with Crippen LogP contribution in [0.2, 0.25) is 0 Å². The molecule has 0 aliphatic heterocycles. The van der Waals surface area contributed by atoms with Crippen LogP contribution in [-0.4, -0.2) is 33.4 Å². The number of hydrogen-bond donors (Lipinski definition) is 2. The van der Waals surface area contributed by atoms with E-state index in [2.05, 4.69) is 10.6 Å². The minimum Gasteiger partial charge on any atom is -0.363 e. The van der Waals surface area contributed by atoms with Gasteiger partial charge in [0.1, 0.15) is 0 Å². The van der Waals surface area contributed by atoms with Crippen LogP contribution in [0.1, 0.15) is 27.2 Å². The van der Waals surface area contributed by atoms with Gasteiger partial charge in [-0.3, -0.25) is 4.21 Å². The molecule has 0 saturated heterocycles. The van der Waals surface area contributed by atoms with Crippen molar-refractivity contribution in [1.82, 2.24) is 10.6 Å². The summed E-state index contributed by atoms with van der Waals surface area (Å²) in [4.78, 5) is 0. The van der Waals surface area contributed by atoms with Crippen LogP contribution < -0.4 is 10.6 Å². The van der Waals surface area contributed by atoms with E-state index in [-0.39, 0.29) is 5.25 Å². The molecular weight excluding hydrogens is 216 g/mol. The van der Waals surface area contributed by atoms with Crippen LogP contribution in [0, 0.1) is 0 Å². The van der Waals surface area contributed by atoms with Gasteiger partial charge in [0.2, 0.25) is 0 Å². The molecule has 0 amide bonds. The lowest BCUT2D eigenvalue weighted by atomic mass is 10.3. The summed E-state index contributed by atoms with van der Waals surface area (Å²) in [5.41, 5.74) is 0. The van der Waals surface area contributed by atoms with Crippen LogP contribution in [0.3, 0.4) is 0 Å². The molecule has 0 aromatic heterocycles. The van der Waals surface area contributed by atoms with Crippen LogP contribution in [0.15, 0.2) is 0 Å². The van der Waals surface area contributed by atoms with Crippen LogP contribution in [0.4, 0.5) is 0 Å². The van der Waals surface area contributed by atoms with Crippen LogP contribution in [0.25, 0.3) is 0 Å². The lowest BCUT2D eigenvalue weighted by Gasteiger charge is -2.14. The Bertz CT molecular complexity index is 207. The lowest BCUT2D eigenvalue weighted by molar-refractivity contribution is 0.660. The van der Waals surface area contributed by atoms with Gasteiger partial charge in [0.05, 0.1) is 0 Å². The average Bonchev–Trinajstić information content (AvgIpc) is 2.02. The summed E-state index contributed by atoms with van der Waals surface area (Å²) in [5.74, 6) is 0. The van der Waals surface area contributed by atoms with E-state index in [1.807, 2.05) is 20.8 Å². The Hall–Kier alpha value is -0.160. The SMILES string of the molecule is CC(C)NC(=S)NCCC(C)S(C)=O. The Kier molecular flexibility index (Phi) is 7.09. The molecule has 0 aromatic carbocycles. The van der Waals surface area contributed by atoms with Crippen LogP contribution in [0.5, 0.6) is 0 Å². The molecule has 0 bridgehead atoms. The van der Waals surface area contributed by atoms with Gasteiger partial charge in [-0.2, -0.15) is 0 Å². The molecule has 0 heterocycles. The summed E-state index contributed by atoms with van der Waals surface area (Å²) in [6.07, 6.45) is 2.61. The first-order valence-corrected chi connectivity index (χ1v) is 6.83. The molecule has 0 rings (SSSR count). The number of nitrogens with one attached hydrogen (secondary N) is 2. The molecule has 0 aliphatic rings. The molecule has 0 fully saturated rings. The third kappa shape index (κ3) is 7.26. The van der Waals surface area contributed by atoms with Crippen LogP contribution >= 0.6 is 12.2 Å². The van der Waals surface area contributed by atoms with Gasteiger partial charge in [-0.25, -0.2) is 0 Å². The fraction of sp³-hybridized carbons (Fsp3) is 0.889. The van der Waals surface area contributed by atoms with Crippen molar-refractivity contribution in [2.75, 3.05) is 12.8 Å². The number of thiocarbonyl (C=S) groups is 1. The van der Waals surface area contributed by atoms with E-state index in [1.54, 1.807) is 6.26 Å². The largest absolute Gasteiger partial charge is 0.363 e. The fourth-order valence-corrected chi connectivity index (χ4v) is 1.66. The second-order valence-corrected chi connectivity index (χ2v) is 5.86. The highest BCUT2D eigenvalue weighted by Crippen LogP contribution is 1.96. The van der Waals surface area contributed by atoms with Gasteiger partial charge in [0, 0.05) is 34.9 Å². The van der Waals surface area contributed by atoms with Crippen molar-refractivity contribution < 1.29 is 4.21 Å². The monoisotopic (exact) mass is 236 g/mol. The zero-order chi connectivity index (χ0) is 11.1. The van der Waals surface area contributed by atoms with E-state index < -0.39 is 10.8 Å². The van der Waals surface area contributed by atoms with Crippen molar-refractivity contribution in [2.45, 2.75) is 38.5 Å². The second kappa shape index (κ2) is 7.17. The summed E-state index contributed by atoms with van der Waals surface area (Å²) in [6.45, 7) is 6.84. The molecule has 0 saturated carbocycles. The van der Waals surface area contributed by atoms with E-state index in [0.29, 0.717) is 11.2 Å². The van der Waals surface area contributed by atoms with E-state index >= 15 is 0 Å². The van der Waals surface area contributed by atoms with Gasteiger partial charge in [0.25, 0.3) is 0 Å². The smallest absolute Gasteiger partial charge is 0.166 e. The van der Waals surface area contributed by atoms with Gasteiger partial charge in [-0.05, 0) is 32.5 Å². The van der Waals surface area contributed by atoms with Crippen molar-refractivity contribution in [3.05, 3.63) is 0 Å². The Labute approximate surface area is 94.5 Å². The zero-order valence-corrected chi connectivity index (χ0v) is 10.9. The minimum atomic E-state index is -0.739. The van der Waals surface area contributed by atoms with Crippen LogP contribution in [-0.2, 0) is 10.8 Å². The predicted octanol–water partition coefficient (Wildman–Crippen LogP) is 1.02. The van der Waals surface area contributed by atoms with Gasteiger partial charge >= 0.3 is 0 Å². The third-order valence-electron chi connectivity index (χ3n) is 1.82. The molecule has 3 nitrogen and oxygen atoms in total. The molecule has 0 spiro atoms. The van der Waals surface area contributed by atoms with E-state index in [9.17, 15) is 4.21 Å². The summed E-state index contributed by atoms with van der Waals surface area (Å²) in [5, 5.41) is 7.08. The molecule has 2 N–H and O–H groups in total. The van der Waals surface area contributed by atoms with Crippen molar-refractivity contribution in [1.29, 1.82) is 0 Å². The van der Waals surface area contributed by atoms with Gasteiger partial charge < -0.3 is 10.6 Å². The maximum atomic E-state index is 11.0. The van der Waals surface area contributed by atoms with Crippen molar-refractivity contribution in [3.8, 4) is 0 Å². The molecule has 2 unspecified atom stereocenters. The highest BCUT2D eigenvalue weighted by Gasteiger charge is 2.05. The molecular formula is C9H20N2OS2. The quantitative estimate of drug-likeness (QED) is 0.699. The summed E-state index contributed by atoms with van der Waals surface area (Å²) in [6, 6.07) is 0.354. The first-order valence-electron chi connectivity index (χ1n) is 4.80. The van der Waals surface area contributed by atoms with E-state index in [4.69, 9.17) is 12.2 Å². The molecule has 0 radical (unpaired) electrons. The molecule has 5 heteroatoms. The molecule has 14 heavy (non-hydrogen) atoms. The first-order chi connectivity index (χ1) is 6.43. The third-order valence-corrected chi connectivity index (χ3v) is 3.45. The van der Waals surface area contributed by atoms with Crippen molar-refractivity contribution in [3.63, 3.8) is 0 Å². The van der Waals surface area contributed by atoms with E-state index in [0.717, 1.165) is 13.0 Å². The maximum Gasteiger partial charge on any atom is 0.166 e.